The molecule has 1 aliphatic rings. The summed E-state index contributed by atoms with van der Waals surface area (Å²) in [6.45, 7) is 1.40. The lowest BCUT2D eigenvalue weighted by Crippen LogP contribution is -2.56. The number of aliphatic carboxylic acids is 1. The number of likely N-dealkylation sites (tertiary alicyclic amines) is 1. The minimum atomic E-state index is -1.39. The number of tetrazole rings is 1. The second-order valence-corrected chi connectivity index (χ2v) is 10.5. The van der Waals surface area contributed by atoms with Gasteiger partial charge in [-0.25, -0.2) is 4.68 Å². The number of benzene rings is 2. The van der Waals surface area contributed by atoms with Crippen LogP contribution in [0.15, 0.2) is 54.6 Å². The molecule has 3 N–H and O–H groups in total. The summed E-state index contributed by atoms with van der Waals surface area (Å²) in [5.74, 6) is -2.48. The highest BCUT2D eigenvalue weighted by Gasteiger charge is 2.35. The number of amides is 3. The van der Waals surface area contributed by atoms with Crippen LogP contribution in [0.2, 0.25) is 0 Å². The van der Waals surface area contributed by atoms with Crippen LogP contribution < -0.4 is 15.4 Å². The fourth-order valence-corrected chi connectivity index (χ4v) is 4.93. The minimum Gasteiger partial charge on any atom is -0.497 e. The van der Waals surface area contributed by atoms with Crippen LogP contribution in [0, 0.1) is 0 Å². The SMILES string of the molecule is COc1ccc(C(=O)N[C@H]2CCCCN(C(C)C(=O)NC(CC(=O)O)C(=O)Cn3nnnc3Cc3ccccc3)C2=O)cc1. The van der Waals surface area contributed by atoms with Crippen LogP contribution in [0.1, 0.15) is 54.4 Å². The van der Waals surface area contributed by atoms with Crippen molar-refractivity contribution in [3.63, 3.8) is 0 Å². The predicted molar refractivity (Wildman–Crippen MR) is 156 cm³/mol. The van der Waals surface area contributed by atoms with Crippen LogP contribution in [-0.2, 0) is 32.1 Å². The molecule has 3 atom stereocenters. The fraction of sp³-hybridized carbons (Fsp3) is 0.400. The number of carboxylic acids is 1. The van der Waals surface area contributed by atoms with Crippen molar-refractivity contribution in [3.05, 3.63) is 71.5 Å². The highest BCUT2D eigenvalue weighted by Crippen LogP contribution is 2.17. The molecule has 1 aromatic heterocycles. The molecule has 0 spiro atoms. The van der Waals surface area contributed by atoms with Crippen molar-refractivity contribution in [2.45, 2.75) is 63.7 Å². The van der Waals surface area contributed by atoms with Crippen molar-refractivity contribution in [3.8, 4) is 5.75 Å². The fourth-order valence-electron chi connectivity index (χ4n) is 4.93. The number of methoxy groups -OCH3 is 1. The zero-order valence-corrected chi connectivity index (χ0v) is 24.5. The van der Waals surface area contributed by atoms with Gasteiger partial charge < -0.3 is 25.4 Å². The molecule has 3 amide bonds. The maximum Gasteiger partial charge on any atom is 0.305 e. The highest BCUT2D eigenvalue weighted by molar-refractivity contribution is 5.99. The van der Waals surface area contributed by atoms with E-state index in [0.29, 0.717) is 42.8 Å². The van der Waals surface area contributed by atoms with Gasteiger partial charge in [0.05, 0.1) is 19.6 Å². The first-order valence-corrected chi connectivity index (χ1v) is 14.3. The lowest BCUT2D eigenvalue weighted by atomic mass is 10.1. The van der Waals surface area contributed by atoms with Crippen LogP contribution in [-0.4, -0.2) is 91.5 Å². The van der Waals surface area contributed by atoms with Gasteiger partial charge in [-0.2, -0.15) is 0 Å². The van der Waals surface area contributed by atoms with Crippen LogP contribution in [0.3, 0.4) is 0 Å². The Kier molecular flexibility index (Phi) is 10.7. The van der Waals surface area contributed by atoms with Gasteiger partial charge in [0.1, 0.15) is 24.4 Å². The van der Waals surface area contributed by atoms with Gasteiger partial charge in [-0.1, -0.05) is 30.3 Å². The Bertz CT molecular complexity index is 1480. The quantitative estimate of drug-likeness (QED) is 0.254. The molecule has 0 radical (unpaired) electrons. The van der Waals surface area contributed by atoms with E-state index in [0.717, 1.165) is 5.56 Å². The molecule has 2 aromatic carbocycles. The first-order chi connectivity index (χ1) is 21.2. The molecule has 14 nitrogen and oxygen atoms in total. The van der Waals surface area contributed by atoms with Gasteiger partial charge in [-0.05, 0) is 66.4 Å². The lowest BCUT2D eigenvalue weighted by Gasteiger charge is -2.30. The second-order valence-electron chi connectivity index (χ2n) is 10.5. The first-order valence-electron chi connectivity index (χ1n) is 14.3. The zero-order chi connectivity index (χ0) is 31.6. The number of Topliss-reactive ketones (excluding diaryl/α,β-unsaturated/α-hetero) is 1. The maximum atomic E-state index is 13.5. The molecule has 232 valence electrons. The Hall–Kier alpha value is -5.14. The summed E-state index contributed by atoms with van der Waals surface area (Å²) in [6, 6.07) is 12.5. The average molecular weight is 606 g/mol. The first kappa shape index (κ1) is 31.8. The number of carboxylic acid groups (broad SMARTS) is 1. The Morgan fingerprint density at radius 1 is 1.07 bits per heavy atom. The van der Waals surface area contributed by atoms with Crippen LogP contribution in [0.25, 0.3) is 0 Å². The number of nitrogens with one attached hydrogen (secondary N) is 2. The Morgan fingerprint density at radius 3 is 2.48 bits per heavy atom. The molecule has 0 saturated carbocycles. The van der Waals surface area contributed by atoms with Crippen molar-refractivity contribution in [2.75, 3.05) is 13.7 Å². The largest absolute Gasteiger partial charge is 0.497 e. The van der Waals surface area contributed by atoms with E-state index in [2.05, 4.69) is 26.2 Å². The van der Waals surface area contributed by atoms with Gasteiger partial charge in [0.15, 0.2) is 11.6 Å². The Labute approximate surface area is 253 Å². The third kappa shape index (κ3) is 8.24. The van der Waals surface area contributed by atoms with Crippen LogP contribution >= 0.6 is 0 Å². The number of hydrogen-bond acceptors (Lipinski definition) is 9. The average Bonchev–Trinajstić information content (AvgIpc) is 3.36. The van der Waals surface area contributed by atoms with Crippen LogP contribution in [0.4, 0.5) is 0 Å². The van der Waals surface area contributed by atoms with Crippen molar-refractivity contribution >= 4 is 29.5 Å². The van der Waals surface area contributed by atoms with Crippen molar-refractivity contribution in [1.82, 2.24) is 35.7 Å². The van der Waals surface area contributed by atoms with Gasteiger partial charge >= 0.3 is 5.97 Å². The zero-order valence-electron chi connectivity index (χ0n) is 24.5. The minimum absolute atomic E-state index is 0.257. The highest BCUT2D eigenvalue weighted by atomic mass is 16.5. The third-order valence-electron chi connectivity index (χ3n) is 7.43. The van der Waals surface area contributed by atoms with E-state index in [1.54, 1.807) is 24.3 Å². The molecule has 1 aliphatic heterocycles. The van der Waals surface area contributed by atoms with Crippen molar-refractivity contribution < 1.29 is 33.8 Å². The van der Waals surface area contributed by atoms with Gasteiger partial charge in [-0.3, -0.25) is 24.0 Å². The molecule has 3 aromatic rings. The molecule has 2 unspecified atom stereocenters. The molecule has 14 heteroatoms. The van der Waals surface area contributed by atoms with E-state index < -0.39 is 54.0 Å². The molecule has 2 heterocycles. The Balaban J connectivity index is 1.41. The number of ketones is 1. The summed E-state index contributed by atoms with van der Waals surface area (Å²) in [5.41, 5.74) is 1.27. The predicted octanol–water partition coefficient (Wildman–Crippen LogP) is 1.00. The summed E-state index contributed by atoms with van der Waals surface area (Å²) in [4.78, 5) is 65.8. The van der Waals surface area contributed by atoms with Gasteiger partial charge in [0.25, 0.3) is 5.91 Å². The third-order valence-corrected chi connectivity index (χ3v) is 7.43. The summed E-state index contributed by atoms with van der Waals surface area (Å²) >= 11 is 0. The number of rotatable bonds is 13. The topological polar surface area (TPSA) is 186 Å². The van der Waals surface area contributed by atoms with E-state index >= 15 is 0 Å². The smallest absolute Gasteiger partial charge is 0.305 e. The normalized spacial score (nSPS) is 16.4. The molecule has 44 heavy (non-hydrogen) atoms. The van der Waals surface area contributed by atoms with E-state index in [1.165, 1.54) is 23.6 Å². The van der Waals surface area contributed by atoms with Crippen molar-refractivity contribution in [2.24, 2.45) is 0 Å². The summed E-state index contributed by atoms with van der Waals surface area (Å²) in [7, 11) is 1.52. The van der Waals surface area contributed by atoms with Crippen molar-refractivity contribution in [1.29, 1.82) is 0 Å². The molecule has 0 bridgehead atoms. The maximum absolute atomic E-state index is 13.5. The van der Waals surface area contributed by atoms with Crippen LogP contribution in [0.5, 0.6) is 5.75 Å². The standard InChI is InChI=1S/C30H35N7O7/c1-19(36-15-7-6-10-23(30(36)43)31-29(42)21-11-13-22(44-2)14-12-21)28(41)32-24(17-27(39)40)25(38)18-37-26(33-34-35-37)16-20-8-4-3-5-9-20/h3-5,8-9,11-14,19,23-24H,6-7,10,15-18H2,1-2H3,(H,31,42)(H,32,41)(H,39,40)/t19?,23-,24?/m0/s1. The molecule has 1 saturated heterocycles. The lowest BCUT2D eigenvalue weighted by molar-refractivity contribution is -0.143. The van der Waals surface area contributed by atoms with E-state index in [1.807, 2.05) is 30.3 Å². The molecule has 1 fully saturated rings. The summed E-state index contributed by atoms with van der Waals surface area (Å²) < 4.78 is 6.39. The van der Waals surface area contributed by atoms with E-state index in [4.69, 9.17) is 4.74 Å². The molecular formula is C30H35N7O7. The molecular weight excluding hydrogens is 570 g/mol. The van der Waals surface area contributed by atoms with E-state index in [-0.39, 0.29) is 13.1 Å². The summed E-state index contributed by atoms with van der Waals surface area (Å²) in [5, 5.41) is 26.2. The molecule has 4 rings (SSSR count). The number of carbonyl (C=O) groups excluding carboxylic acids is 4. The van der Waals surface area contributed by atoms with Gasteiger partial charge in [-0.15, -0.1) is 5.10 Å². The van der Waals surface area contributed by atoms with Gasteiger partial charge in [0.2, 0.25) is 11.8 Å². The number of hydrogen-bond donors (Lipinski definition) is 3. The number of aromatic nitrogens is 4. The van der Waals surface area contributed by atoms with E-state index in [9.17, 15) is 29.1 Å². The number of ether oxygens (including phenoxy) is 1. The summed E-state index contributed by atoms with van der Waals surface area (Å²) in [6.07, 6.45) is 1.31. The number of carbonyl (C=O) groups is 5. The number of nitrogens with zero attached hydrogens (tertiary/aromatic N) is 5. The van der Waals surface area contributed by atoms with Gasteiger partial charge in [0, 0.05) is 18.5 Å². The molecule has 0 aliphatic carbocycles. The second kappa shape index (κ2) is 14.8. The monoisotopic (exact) mass is 605 g/mol. The Morgan fingerprint density at radius 2 is 1.80 bits per heavy atom.